The number of para-hydroxylation sites is 1. The first-order valence-electron chi connectivity index (χ1n) is 10.7. The van der Waals surface area contributed by atoms with Crippen LogP contribution in [-0.2, 0) is 21.9 Å². The van der Waals surface area contributed by atoms with E-state index in [4.69, 9.17) is 9.90 Å². The van der Waals surface area contributed by atoms with E-state index >= 15 is 0 Å². The molecule has 35 heavy (non-hydrogen) atoms. The van der Waals surface area contributed by atoms with Crippen molar-refractivity contribution in [1.29, 1.82) is 0 Å². The van der Waals surface area contributed by atoms with Gasteiger partial charge in [-0.05, 0) is 39.1 Å². The van der Waals surface area contributed by atoms with Crippen LogP contribution in [0.15, 0.2) is 30.3 Å². The standard InChI is InChI=1S/C20H26N4O3S.C2HF3O2/c1-21(2)14-9-11-23(12-10-14)20(25)18-13-17-19(24(18)28(4,26)27)15-7-5-6-8-16(15)22(17)3;3-2(4,5)1(6)7/h5-8,13-14H,9-12H2,1-4H3;(H,6,7). The van der Waals surface area contributed by atoms with E-state index < -0.39 is 22.2 Å². The van der Waals surface area contributed by atoms with E-state index in [-0.39, 0.29) is 11.6 Å². The lowest BCUT2D eigenvalue weighted by Gasteiger charge is -2.35. The molecule has 1 aliphatic heterocycles. The van der Waals surface area contributed by atoms with Crippen molar-refractivity contribution in [3.63, 3.8) is 0 Å². The Labute approximate surface area is 200 Å². The number of carboxylic acids is 1. The average molecular weight is 517 g/mol. The number of nitrogens with zero attached hydrogens (tertiary/aromatic N) is 4. The molecule has 4 rings (SSSR count). The van der Waals surface area contributed by atoms with Gasteiger partial charge in [-0.25, -0.2) is 17.2 Å². The molecule has 0 spiro atoms. The number of carbonyl (C=O) groups is 2. The van der Waals surface area contributed by atoms with Gasteiger partial charge in [0, 0.05) is 31.6 Å². The predicted octanol–water partition coefficient (Wildman–Crippen LogP) is 2.74. The number of alkyl halides is 3. The summed E-state index contributed by atoms with van der Waals surface area (Å²) in [5.41, 5.74) is 2.48. The molecule has 3 aromatic rings. The van der Waals surface area contributed by atoms with Crippen LogP contribution >= 0.6 is 0 Å². The number of benzene rings is 1. The van der Waals surface area contributed by atoms with Crippen molar-refractivity contribution in [2.45, 2.75) is 25.1 Å². The number of hydrogen-bond donors (Lipinski definition) is 1. The summed E-state index contributed by atoms with van der Waals surface area (Å²) in [4.78, 5) is 26.1. The highest BCUT2D eigenvalue weighted by atomic mass is 32.2. The number of amides is 1. The van der Waals surface area contributed by atoms with Gasteiger partial charge in [0.05, 0.1) is 22.8 Å². The molecule has 1 aliphatic rings. The van der Waals surface area contributed by atoms with Crippen molar-refractivity contribution in [2.75, 3.05) is 33.4 Å². The summed E-state index contributed by atoms with van der Waals surface area (Å²) < 4.78 is 60.3. The summed E-state index contributed by atoms with van der Waals surface area (Å²) in [6.07, 6.45) is -2.15. The second-order valence-corrected chi connectivity index (χ2v) is 10.5. The molecule has 0 saturated carbocycles. The number of hydrogen-bond acceptors (Lipinski definition) is 5. The zero-order valence-electron chi connectivity index (χ0n) is 19.7. The fraction of sp³-hybridized carbons (Fsp3) is 0.455. The van der Waals surface area contributed by atoms with E-state index in [2.05, 4.69) is 19.0 Å². The molecule has 0 unspecified atom stereocenters. The summed E-state index contributed by atoms with van der Waals surface area (Å²) in [5, 5.41) is 7.95. The first-order chi connectivity index (χ1) is 16.1. The van der Waals surface area contributed by atoms with Crippen LogP contribution in [0.1, 0.15) is 23.3 Å². The van der Waals surface area contributed by atoms with Gasteiger partial charge in [-0.15, -0.1) is 0 Å². The van der Waals surface area contributed by atoms with Gasteiger partial charge in [-0.3, -0.25) is 4.79 Å². The molecular formula is C22H27F3N4O5S. The highest BCUT2D eigenvalue weighted by Gasteiger charge is 2.38. The Morgan fingerprint density at radius 1 is 1.09 bits per heavy atom. The fourth-order valence-corrected chi connectivity index (χ4v) is 5.33. The number of aromatic nitrogens is 2. The number of carbonyl (C=O) groups excluding carboxylic acids is 1. The third-order valence-corrected chi connectivity index (χ3v) is 7.14. The van der Waals surface area contributed by atoms with Crippen LogP contribution < -0.4 is 0 Å². The summed E-state index contributed by atoms with van der Waals surface area (Å²) in [6.45, 7) is 1.27. The quantitative estimate of drug-likeness (QED) is 0.574. The fourth-order valence-electron chi connectivity index (χ4n) is 4.32. The van der Waals surface area contributed by atoms with E-state index in [1.165, 1.54) is 3.97 Å². The Bertz CT molecular complexity index is 1370. The van der Waals surface area contributed by atoms with Gasteiger partial charge >= 0.3 is 12.1 Å². The average Bonchev–Trinajstić information content (AvgIpc) is 3.29. The van der Waals surface area contributed by atoms with Crippen LogP contribution in [0.3, 0.4) is 0 Å². The van der Waals surface area contributed by atoms with Crippen LogP contribution in [-0.4, -0.2) is 89.4 Å². The summed E-state index contributed by atoms with van der Waals surface area (Å²) in [7, 11) is 2.34. The summed E-state index contributed by atoms with van der Waals surface area (Å²) >= 11 is 0. The van der Waals surface area contributed by atoms with Crippen molar-refractivity contribution < 1.29 is 36.3 Å². The van der Waals surface area contributed by atoms with E-state index in [1.54, 1.807) is 11.0 Å². The minimum absolute atomic E-state index is 0.220. The zero-order chi connectivity index (χ0) is 26.3. The highest BCUT2D eigenvalue weighted by Crippen LogP contribution is 2.32. The maximum Gasteiger partial charge on any atom is 0.490 e. The van der Waals surface area contributed by atoms with Crippen LogP contribution in [0.2, 0.25) is 0 Å². The Hall–Kier alpha value is -3.06. The predicted molar refractivity (Wildman–Crippen MR) is 125 cm³/mol. The monoisotopic (exact) mass is 516 g/mol. The molecule has 1 fully saturated rings. The number of aliphatic carboxylic acids is 1. The van der Waals surface area contributed by atoms with Gasteiger partial charge in [0.15, 0.2) is 0 Å². The molecule has 9 nitrogen and oxygen atoms in total. The molecule has 192 valence electrons. The van der Waals surface area contributed by atoms with E-state index in [1.807, 2.05) is 35.9 Å². The normalized spacial score (nSPS) is 15.5. The molecular weight excluding hydrogens is 489 g/mol. The van der Waals surface area contributed by atoms with Crippen molar-refractivity contribution >= 4 is 43.8 Å². The lowest BCUT2D eigenvalue weighted by Crippen LogP contribution is -2.45. The topological polar surface area (TPSA) is 105 Å². The number of piperidine rings is 1. The molecule has 0 aliphatic carbocycles. The SMILES string of the molecule is CN(C)C1CCN(C(=O)c2cc3c(c4ccccc4n3C)n2S(C)(=O)=O)CC1.O=C(O)C(F)(F)F. The molecule has 3 heterocycles. The molecule has 0 bridgehead atoms. The number of likely N-dealkylation sites (tertiary alicyclic amines) is 1. The van der Waals surface area contributed by atoms with Crippen molar-refractivity contribution in [3.8, 4) is 0 Å². The van der Waals surface area contributed by atoms with Crippen LogP contribution in [0.4, 0.5) is 13.2 Å². The number of halogens is 3. The number of fused-ring (bicyclic) bond motifs is 3. The Balaban J connectivity index is 0.000000429. The van der Waals surface area contributed by atoms with Crippen molar-refractivity contribution in [1.82, 2.24) is 18.3 Å². The third kappa shape index (κ3) is 5.30. The minimum atomic E-state index is -5.08. The van der Waals surface area contributed by atoms with Gasteiger partial charge in [-0.1, -0.05) is 18.2 Å². The van der Waals surface area contributed by atoms with Gasteiger partial charge < -0.3 is 19.5 Å². The number of rotatable bonds is 3. The van der Waals surface area contributed by atoms with Crippen molar-refractivity contribution in [2.24, 2.45) is 7.05 Å². The van der Waals surface area contributed by atoms with E-state index in [0.717, 1.165) is 35.5 Å². The molecule has 1 aromatic carbocycles. The minimum Gasteiger partial charge on any atom is -0.475 e. The van der Waals surface area contributed by atoms with E-state index in [9.17, 15) is 26.4 Å². The molecule has 2 aromatic heterocycles. The Morgan fingerprint density at radius 2 is 1.63 bits per heavy atom. The highest BCUT2D eigenvalue weighted by molar-refractivity contribution is 7.89. The largest absolute Gasteiger partial charge is 0.490 e. The van der Waals surface area contributed by atoms with Crippen LogP contribution in [0.5, 0.6) is 0 Å². The third-order valence-electron chi connectivity index (χ3n) is 6.10. The van der Waals surface area contributed by atoms with Gasteiger partial charge in [0.1, 0.15) is 5.69 Å². The molecule has 1 saturated heterocycles. The van der Waals surface area contributed by atoms with E-state index in [0.29, 0.717) is 24.6 Å². The second-order valence-electron chi connectivity index (χ2n) is 8.66. The van der Waals surface area contributed by atoms with Gasteiger partial charge in [0.25, 0.3) is 5.91 Å². The maximum absolute atomic E-state index is 13.3. The summed E-state index contributed by atoms with van der Waals surface area (Å²) in [5.74, 6) is -2.98. The molecule has 0 atom stereocenters. The van der Waals surface area contributed by atoms with Crippen molar-refractivity contribution in [3.05, 3.63) is 36.0 Å². The molecule has 13 heteroatoms. The molecule has 0 radical (unpaired) electrons. The Kier molecular flexibility index (Phi) is 7.23. The zero-order valence-corrected chi connectivity index (χ0v) is 20.5. The Morgan fingerprint density at radius 3 is 2.11 bits per heavy atom. The first-order valence-corrected chi connectivity index (χ1v) is 12.5. The van der Waals surface area contributed by atoms with Gasteiger partial charge in [0.2, 0.25) is 10.0 Å². The number of aryl methyl sites for hydroxylation is 1. The second kappa shape index (κ2) is 9.53. The van der Waals surface area contributed by atoms with Gasteiger partial charge in [-0.2, -0.15) is 13.2 Å². The number of carboxylic acid groups (broad SMARTS) is 1. The van der Waals surface area contributed by atoms with Crippen LogP contribution in [0.25, 0.3) is 21.9 Å². The smallest absolute Gasteiger partial charge is 0.475 e. The lowest BCUT2D eigenvalue weighted by molar-refractivity contribution is -0.192. The van der Waals surface area contributed by atoms with Crippen LogP contribution in [0, 0.1) is 0 Å². The lowest BCUT2D eigenvalue weighted by atomic mass is 10.0. The molecule has 1 amide bonds. The maximum atomic E-state index is 13.3. The molecule has 1 N–H and O–H groups in total. The summed E-state index contributed by atoms with van der Waals surface area (Å²) in [6, 6.07) is 9.83. The first kappa shape index (κ1) is 26.5.